The third kappa shape index (κ3) is 3.11. The molecular weight excluding hydrogens is 342 g/mol. The van der Waals surface area contributed by atoms with Crippen LogP contribution >= 0.6 is 11.3 Å². The molecule has 0 saturated carbocycles. The minimum Gasteiger partial charge on any atom is -0.494 e. The molecule has 2 heterocycles. The summed E-state index contributed by atoms with van der Waals surface area (Å²) in [4.78, 5) is 0. The van der Waals surface area contributed by atoms with Crippen molar-refractivity contribution in [1.82, 2.24) is 15.1 Å². The lowest BCUT2D eigenvalue weighted by molar-refractivity contribution is 0.403. The molecule has 1 N–H and O–H groups in total. The summed E-state index contributed by atoms with van der Waals surface area (Å²) >= 11 is 1.80. The zero-order valence-electron chi connectivity index (χ0n) is 14.8. The summed E-state index contributed by atoms with van der Waals surface area (Å²) in [5, 5.41) is 11.5. The highest BCUT2D eigenvalue weighted by Gasteiger charge is 2.14. The summed E-state index contributed by atoms with van der Waals surface area (Å²) in [7, 11) is 1.71. The van der Waals surface area contributed by atoms with E-state index in [9.17, 15) is 0 Å². The quantitative estimate of drug-likeness (QED) is 0.527. The van der Waals surface area contributed by atoms with E-state index in [2.05, 4.69) is 53.1 Å². The number of hydrogen-bond acceptors (Lipinski definition) is 4. The fourth-order valence-corrected chi connectivity index (χ4v) is 4.30. The first-order valence-corrected chi connectivity index (χ1v) is 9.51. The van der Waals surface area contributed by atoms with Crippen LogP contribution < -0.4 is 10.1 Å². The van der Waals surface area contributed by atoms with Crippen molar-refractivity contribution in [1.29, 1.82) is 0 Å². The largest absolute Gasteiger partial charge is 0.494 e. The second-order valence-electron chi connectivity index (χ2n) is 6.21. The number of fused-ring (bicyclic) bond motifs is 1. The summed E-state index contributed by atoms with van der Waals surface area (Å²) in [6.07, 6.45) is 3.70. The first-order chi connectivity index (χ1) is 12.8. The van der Waals surface area contributed by atoms with Gasteiger partial charge in [0, 0.05) is 35.2 Å². The van der Waals surface area contributed by atoms with Gasteiger partial charge in [-0.25, -0.2) is 4.68 Å². The SMILES string of the molecule is COc1c(CNC(C)c2csc3ccccc23)cccc1-n1cccn1. The van der Waals surface area contributed by atoms with Crippen LogP contribution in [-0.2, 0) is 6.54 Å². The minimum atomic E-state index is 0.254. The Bertz CT molecular complexity index is 1010. The third-order valence-corrected chi connectivity index (χ3v) is 5.59. The Balaban J connectivity index is 1.57. The summed E-state index contributed by atoms with van der Waals surface area (Å²) in [5.41, 5.74) is 3.41. The summed E-state index contributed by atoms with van der Waals surface area (Å²) in [5.74, 6) is 0.853. The lowest BCUT2D eigenvalue weighted by Gasteiger charge is -2.17. The number of para-hydroxylation sites is 1. The average molecular weight is 363 g/mol. The molecule has 0 aliphatic heterocycles. The van der Waals surface area contributed by atoms with Gasteiger partial charge in [0.05, 0.1) is 7.11 Å². The molecule has 0 bridgehead atoms. The van der Waals surface area contributed by atoms with Crippen molar-refractivity contribution in [2.75, 3.05) is 7.11 Å². The summed E-state index contributed by atoms with van der Waals surface area (Å²) in [6, 6.07) is 16.9. The average Bonchev–Trinajstić information content (AvgIpc) is 3.35. The topological polar surface area (TPSA) is 39.1 Å². The van der Waals surface area contributed by atoms with Gasteiger partial charge >= 0.3 is 0 Å². The molecule has 1 unspecified atom stereocenters. The van der Waals surface area contributed by atoms with E-state index >= 15 is 0 Å². The van der Waals surface area contributed by atoms with Gasteiger partial charge in [-0.1, -0.05) is 30.3 Å². The molecule has 4 rings (SSSR count). The lowest BCUT2D eigenvalue weighted by Crippen LogP contribution is -2.18. The highest BCUT2D eigenvalue weighted by molar-refractivity contribution is 7.17. The van der Waals surface area contributed by atoms with E-state index < -0.39 is 0 Å². The molecule has 0 radical (unpaired) electrons. The molecule has 0 aliphatic rings. The van der Waals surface area contributed by atoms with Gasteiger partial charge < -0.3 is 10.1 Å². The number of methoxy groups -OCH3 is 1. The Labute approximate surface area is 157 Å². The van der Waals surface area contributed by atoms with Gasteiger partial charge in [0.25, 0.3) is 0 Å². The van der Waals surface area contributed by atoms with Crippen LogP contribution in [0.3, 0.4) is 0 Å². The summed E-state index contributed by atoms with van der Waals surface area (Å²) < 4.78 is 8.85. The fraction of sp³-hybridized carbons (Fsp3) is 0.190. The Morgan fingerprint density at radius 2 is 2.04 bits per heavy atom. The number of nitrogens with one attached hydrogen (secondary N) is 1. The number of nitrogens with zero attached hydrogens (tertiary/aromatic N) is 2. The molecule has 0 saturated heterocycles. The lowest BCUT2D eigenvalue weighted by atomic mass is 10.1. The number of ether oxygens (including phenoxy) is 1. The molecule has 1 atom stereocenters. The standard InChI is InChI=1S/C21H21N3OS/c1-15(18-14-26-20-10-4-3-8-17(18)20)22-13-16-7-5-9-19(21(16)25-2)24-12-6-11-23-24/h3-12,14-15,22H,13H2,1-2H3. The van der Waals surface area contributed by atoms with Gasteiger partial charge in [-0.15, -0.1) is 11.3 Å². The molecule has 0 aliphatic carbocycles. The first-order valence-electron chi connectivity index (χ1n) is 8.63. The van der Waals surface area contributed by atoms with Crippen LogP contribution in [0, 0.1) is 0 Å². The van der Waals surface area contributed by atoms with Crippen LogP contribution in [-0.4, -0.2) is 16.9 Å². The Hall–Kier alpha value is -2.63. The van der Waals surface area contributed by atoms with E-state index in [0.29, 0.717) is 0 Å². The van der Waals surface area contributed by atoms with Crippen molar-refractivity contribution < 1.29 is 4.74 Å². The predicted octanol–water partition coefficient (Wildman–Crippen LogP) is 4.95. The highest BCUT2D eigenvalue weighted by atomic mass is 32.1. The minimum absolute atomic E-state index is 0.254. The normalized spacial score (nSPS) is 12.4. The molecule has 5 heteroatoms. The van der Waals surface area contributed by atoms with E-state index in [4.69, 9.17) is 4.74 Å². The van der Waals surface area contributed by atoms with Gasteiger partial charge in [-0.2, -0.15) is 5.10 Å². The summed E-state index contributed by atoms with van der Waals surface area (Å²) in [6.45, 7) is 2.93. The molecule has 2 aromatic carbocycles. The smallest absolute Gasteiger partial charge is 0.148 e. The molecule has 26 heavy (non-hydrogen) atoms. The zero-order valence-corrected chi connectivity index (χ0v) is 15.7. The van der Waals surface area contributed by atoms with E-state index in [-0.39, 0.29) is 6.04 Å². The van der Waals surface area contributed by atoms with E-state index in [0.717, 1.165) is 23.5 Å². The molecule has 0 amide bonds. The number of benzene rings is 2. The van der Waals surface area contributed by atoms with E-state index in [1.807, 2.05) is 29.1 Å². The van der Waals surface area contributed by atoms with Crippen molar-refractivity contribution in [3.8, 4) is 11.4 Å². The predicted molar refractivity (Wildman–Crippen MR) is 107 cm³/mol. The highest BCUT2D eigenvalue weighted by Crippen LogP contribution is 2.31. The van der Waals surface area contributed by atoms with Crippen LogP contribution in [0.25, 0.3) is 15.8 Å². The second kappa shape index (κ2) is 7.32. The number of aromatic nitrogens is 2. The maximum atomic E-state index is 5.69. The van der Waals surface area contributed by atoms with Gasteiger partial charge in [-0.3, -0.25) is 0 Å². The van der Waals surface area contributed by atoms with Crippen molar-refractivity contribution in [2.45, 2.75) is 19.5 Å². The van der Waals surface area contributed by atoms with Crippen LogP contribution in [0.4, 0.5) is 0 Å². The molecule has 0 spiro atoms. The van der Waals surface area contributed by atoms with Crippen LogP contribution in [0.15, 0.2) is 66.3 Å². The van der Waals surface area contributed by atoms with E-state index in [1.54, 1.807) is 24.6 Å². The van der Waals surface area contributed by atoms with Crippen molar-refractivity contribution in [3.63, 3.8) is 0 Å². The molecule has 2 aromatic heterocycles. The Kier molecular flexibility index (Phi) is 4.73. The van der Waals surface area contributed by atoms with Crippen LogP contribution in [0.1, 0.15) is 24.1 Å². The maximum absolute atomic E-state index is 5.69. The fourth-order valence-electron chi connectivity index (χ4n) is 3.24. The Morgan fingerprint density at radius 1 is 1.15 bits per heavy atom. The van der Waals surface area contributed by atoms with E-state index in [1.165, 1.54) is 15.6 Å². The number of rotatable bonds is 6. The van der Waals surface area contributed by atoms with Crippen molar-refractivity contribution >= 4 is 21.4 Å². The van der Waals surface area contributed by atoms with Crippen LogP contribution in [0.5, 0.6) is 5.75 Å². The number of thiophene rings is 1. The molecular formula is C21H21N3OS. The molecule has 4 aromatic rings. The second-order valence-corrected chi connectivity index (χ2v) is 7.12. The van der Waals surface area contributed by atoms with Gasteiger partial charge in [0.15, 0.2) is 0 Å². The Morgan fingerprint density at radius 3 is 2.85 bits per heavy atom. The van der Waals surface area contributed by atoms with Crippen molar-refractivity contribution in [2.24, 2.45) is 0 Å². The maximum Gasteiger partial charge on any atom is 0.148 e. The first kappa shape index (κ1) is 16.8. The number of hydrogen-bond donors (Lipinski definition) is 1. The molecule has 4 nitrogen and oxygen atoms in total. The van der Waals surface area contributed by atoms with Crippen LogP contribution in [0.2, 0.25) is 0 Å². The molecule has 132 valence electrons. The van der Waals surface area contributed by atoms with Gasteiger partial charge in [-0.05, 0) is 41.5 Å². The third-order valence-electron chi connectivity index (χ3n) is 4.61. The van der Waals surface area contributed by atoms with Gasteiger partial charge in [0.2, 0.25) is 0 Å². The van der Waals surface area contributed by atoms with Crippen molar-refractivity contribution in [3.05, 3.63) is 77.4 Å². The zero-order chi connectivity index (χ0) is 17.9. The molecule has 0 fully saturated rings. The monoisotopic (exact) mass is 363 g/mol. The van der Waals surface area contributed by atoms with Gasteiger partial charge in [0.1, 0.15) is 11.4 Å².